The number of carbonyl (C=O) groups is 2. The summed E-state index contributed by atoms with van der Waals surface area (Å²) in [6.07, 6.45) is -0.479. The van der Waals surface area contributed by atoms with Gasteiger partial charge in [-0.1, -0.05) is 73.2 Å². The fraction of sp³-hybridized carbons (Fsp3) is 0.407. The summed E-state index contributed by atoms with van der Waals surface area (Å²) in [5.41, 5.74) is 1.74. The Balaban J connectivity index is 1.60. The van der Waals surface area contributed by atoms with Crippen LogP contribution < -0.4 is 5.19 Å². The van der Waals surface area contributed by atoms with Gasteiger partial charge in [0, 0.05) is 5.56 Å². The smallest absolute Gasteiger partial charge is 0.174 e. The zero-order valence-corrected chi connectivity index (χ0v) is 20.2. The number of carbonyl (C=O) groups excluding carboxylic acids is 2. The van der Waals surface area contributed by atoms with Crippen LogP contribution in [-0.2, 0) is 0 Å². The van der Waals surface area contributed by atoms with E-state index in [-0.39, 0.29) is 27.7 Å². The van der Waals surface area contributed by atoms with E-state index in [4.69, 9.17) is 0 Å². The summed E-state index contributed by atoms with van der Waals surface area (Å²) in [4.78, 5) is 26.9. The van der Waals surface area contributed by atoms with Gasteiger partial charge in [0.15, 0.2) is 11.6 Å². The molecule has 2 aromatic carbocycles. The highest BCUT2D eigenvalue weighted by atomic mass is 28.3. The summed E-state index contributed by atoms with van der Waals surface area (Å²) in [6, 6.07) is 15.0. The first kappa shape index (κ1) is 22.3. The molecule has 0 fully saturated rings. The average Bonchev–Trinajstić information content (AvgIpc) is 2.80. The predicted molar refractivity (Wildman–Crippen MR) is 129 cm³/mol. The fourth-order valence-corrected chi connectivity index (χ4v) is 9.47. The third-order valence-corrected chi connectivity index (χ3v) is 14.1. The summed E-state index contributed by atoms with van der Waals surface area (Å²) in [7, 11) is -1.98. The monoisotopic (exact) mass is 462 g/mol. The molecule has 5 rings (SSSR count). The van der Waals surface area contributed by atoms with Crippen LogP contribution in [0.25, 0.3) is 0 Å². The van der Waals surface area contributed by atoms with E-state index < -0.39 is 37.9 Å². The Morgan fingerprint density at radius 1 is 0.939 bits per heavy atom. The molecular weight excluding hydrogens is 432 g/mol. The van der Waals surface area contributed by atoms with Crippen LogP contribution in [0.15, 0.2) is 59.7 Å². The zero-order chi connectivity index (χ0) is 23.7. The second kappa shape index (κ2) is 7.48. The van der Waals surface area contributed by atoms with Crippen molar-refractivity contribution in [2.24, 2.45) is 11.8 Å². The number of phenols is 1. The molecule has 0 amide bonds. The van der Waals surface area contributed by atoms with Gasteiger partial charge in [-0.2, -0.15) is 0 Å². The molecule has 0 aromatic heterocycles. The van der Waals surface area contributed by atoms with Crippen LogP contribution in [0.2, 0.25) is 18.1 Å². The van der Waals surface area contributed by atoms with Crippen molar-refractivity contribution in [2.45, 2.75) is 56.5 Å². The topological polar surface area (TPSA) is 94.8 Å². The van der Waals surface area contributed by atoms with Crippen molar-refractivity contribution in [1.82, 2.24) is 0 Å². The molecule has 0 bridgehead atoms. The van der Waals surface area contributed by atoms with Gasteiger partial charge in [-0.05, 0) is 35.9 Å². The molecule has 0 heterocycles. The standard InChI is InChI=1S/C27H30O5Si/c1-27(33(2,3)15-8-5-4-6-9-15)13-12-16-18(14-27)24(30)26(32)22-21(16)23(29)17-10-7-11-19(28)20(17)25(22)31/h4-11,21-22,24,26,28,30,32H,12-14H2,1-3H3/t21-,22+,24-,26-,27+/m0/s1. The maximum absolute atomic E-state index is 13.6. The van der Waals surface area contributed by atoms with Crippen molar-refractivity contribution in [3.8, 4) is 5.75 Å². The maximum atomic E-state index is 13.6. The molecule has 0 radical (unpaired) electrons. The van der Waals surface area contributed by atoms with E-state index >= 15 is 0 Å². The van der Waals surface area contributed by atoms with E-state index in [0.717, 1.165) is 17.6 Å². The molecule has 0 aliphatic heterocycles. The molecule has 0 unspecified atom stereocenters. The SMILES string of the molecule is C[C@@]1([Si](C)(C)c2ccccc2)CCC2=C(C1)[C@H](O)[C@@H](O)[C@H]1C(=O)c3c(O)cccc3C(=O)[C@@H]21. The number of aliphatic hydroxyl groups excluding tert-OH is 2. The summed E-state index contributed by atoms with van der Waals surface area (Å²) in [5.74, 6) is -2.79. The van der Waals surface area contributed by atoms with Gasteiger partial charge in [-0.3, -0.25) is 9.59 Å². The van der Waals surface area contributed by atoms with Crippen molar-refractivity contribution in [3.05, 3.63) is 70.8 Å². The third kappa shape index (κ3) is 3.04. The first-order valence-electron chi connectivity index (χ1n) is 11.6. The minimum Gasteiger partial charge on any atom is -0.507 e. The molecule has 2 aromatic rings. The molecule has 6 heteroatoms. The Morgan fingerprint density at radius 2 is 1.64 bits per heavy atom. The Hall–Kier alpha value is -2.54. The lowest BCUT2D eigenvalue weighted by Gasteiger charge is -2.52. The van der Waals surface area contributed by atoms with Gasteiger partial charge in [0.25, 0.3) is 0 Å². The van der Waals surface area contributed by atoms with Crippen LogP contribution >= 0.6 is 0 Å². The highest BCUT2D eigenvalue weighted by Gasteiger charge is 2.57. The normalized spacial score (nSPS) is 31.7. The second-order valence-electron chi connectivity index (χ2n) is 10.6. The van der Waals surface area contributed by atoms with E-state index in [1.54, 1.807) is 12.1 Å². The molecule has 0 saturated carbocycles. The van der Waals surface area contributed by atoms with Crippen LogP contribution in [0.4, 0.5) is 0 Å². The van der Waals surface area contributed by atoms with Gasteiger partial charge in [0.05, 0.1) is 31.6 Å². The lowest BCUT2D eigenvalue weighted by Crippen LogP contribution is -2.57. The largest absolute Gasteiger partial charge is 0.507 e. The molecule has 0 spiro atoms. The Kier molecular flexibility index (Phi) is 5.05. The first-order chi connectivity index (χ1) is 15.6. The summed E-state index contributed by atoms with van der Waals surface area (Å²) in [6.45, 7) is 6.95. The number of fused-ring (bicyclic) bond motifs is 3. The lowest BCUT2D eigenvalue weighted by atomic mass is 9.59. The quantitative estimate of drug-likeness (QED) is 0.468. The molecule has 33 heavy (non-hydrogen) atoms. The number of hydrogen-bond acceptors (Lipinski definition) is 5. The predicted octanol–water partition coefficient (Wildman–Crippen LogP) is 3.60. The third-order valence-electron chi connectivity index (χ3n) is 8.87. The number of phenolic OH excluding ortho intramolecular Hbond substituents is 1. The highest BCUT2D eigenvalue weighted by Crippen LogP contribution is 2.57. The van der Waals surface area contributed by atoms with Gasteiger partial charge < -0.3 is 15.3 Å². The van der Waals surface area contributed by atoms with Crippen LogP contribution in [0, 0.1) is 11.8 Å². The molecule has 5 nitrogen and oxygen atoms in total. The fourth-order valence-electron chi connectivity index (χ4n) is 6.36. The number of aromatic hydroxyl groups is 1. The van der Waals surface area contributed by atoms with E-state index in [2.05, 4.69) is 44.3 Å². The van der Waals surface area contributed by atoms with Gasteiger partial charge in [0.2, 0.25) is 0 Å². The Labute approximate surface area is 194 Å². The summed E-state index contributed by atoms with van der Waals surface area (Å²) < 4.78 is 0. The molecular formula is C27H30O5Si. The summed E-state index contributed by atoms with van der Waals surface area (Å²) >= 11 is 0. The summed E-state index contributed by atoms with van der Waals surface area (Å²) in [5, 5.41) is 33.8. The van der Waals surface area contributed by atoms with E-state index in [9.17, 15) is 24.9 Å². The molecule has 3 aliphatic carbocycles. The minimum atomic E-state index is -1.98. The van der Waals surface area contributed by atoms with E-state index in [0.29, 0.717) is 12.8 Å². The number of rotatable bonds is 2. The van der Waals surface area contributed by atoms with Crippen molar-refractivity contribution in [1.29, 1.82) is 0 Å². The van der Waals surface area contributed by atoms with Crippen molar-refractivity contribution >= 4 is 24.8 Å². The average molecular weight is 463 g/mol. The van der Waals surface area contributed by atoms with Gasteiger partial charge in [-0.15, -0.1) is 0 Å². The van der Waals surface area contributed by atoms with Crippen LogP contribution in [0.5, 0.6) is 5.75 Å². The lowest BCUT2D eigenvalue weighted by molar-refractivity contribution is -0.0195. The maximum Gasteiger partial charge on any atom is 0.174 e. The Bertz CT molecular complexity index is 1180. The number of aliphatic hydroxyl groups is 2. The van der Waals surface area contributed by atoms with Crippen LogP contribution in [0.3, 0.4) is 0 Å². The first-order valence-corrected chi connectivity index (χ1v) is 14.6. The minimum absolute atomic E-state index is 0.0303. The molecule has 0 saturated heterocycles. The van der Waals surface area contributed by atoms with E-state index in [1.807, 2.05) is 6.07 Å². The van der Waals surface area contributed by atoms with Gasteiger partial charge in [0.1, 0.15) is 11.9 Å². The number of benzene rings is 2. The Morgan fingerprint density at radius 3 is 2.33 bits per heavy atom. The number of hydrogen-bond donors (Lipinski definition) is 3. The number of Topliss-reactive ketones (excluding diaryl/α,β-unsaturated/α-hetero) is 2. The zero-order valence-electron chi connectivity index (χ0n) is 19.2. The molecule has 172 valence electrons. The second-order valence-corrected chi connectivity index (χ2v) is 15.7. The molecule has 3 N–H and O–H groups in total. The molecule has 3 aliphatic rings. The van der Waals surface area contributed by atoms with Crippen molar-refractivity contribution < 1.29 is 24.9 Å². The van der Waals surface area contributed by atoms with Crippen LogP contribution in [-0.4, -0.2) is 47.2 Å². The number of ketones is 2. The molecule has 5 atom stereocenters. The van der Waals surface area contributed by atoms with Crippen molar-refractivity contribution in [3.63, 3.8) is 0 Å². The highest BCUT2D eigenvalue weighted by molar-refractivity contribution is 6.92. The van der Waals surface area contributed by atoms with Gasteiger partial charge >= 0.3 is 0 Å². The van der Waals surface area contributed by atoms with Crippen molar-refractivity contribution in [2.75, 3.05) is 0 Å². The van der Waals surface area contributed by atoms with Crippen LogP contribution in [0.1, 0.15) is 46.9 Å². The van der Waals surface area contributed by atoms with E-state index in [1.165, 1.54) is 11.3 Å². The number of allylic oxidation sites excluding steroid dienone is 1. The van der Waals surface area contributed by atoms with Gasteiger partial charge in [-0.25, -0.2) is 0 Å².